The molecule has 0 aliphatic carbocycles. The van der Waals surface area contributed by atoms with Gasteiger partial charge in [0.1, 0.15) is 6.04 Å². The largest absolute Gasteiger partial charge is 0.480 e. The predicted octanol–water partition coefficient (Wildman–Crippen LogP) is 0.421. The molecule has 0 radical (unpaired) electrons. The fourth-order valence-corrected chi connectivity index (χ4v) is 1.53. The molecule has 0 aromatic heterocycles. The van der Waals surface area contributed by atoms with Gasteiger partial charge in [-0.15, -0.1) is 0 Å². The minimum Gasteiger partial charge on any atom is -0.480 e. The smallest absolute Gasteiger partial charge is 0.320 e. The number of likely N-dealkylation sites (N-methyl/N-ethyl adjacent to an activating group) is 1. The van der Waals surface area contributed by atoms with Crippen molar-refractivity contribution >= 4 is 18.6 Å². The molecule has 2 unspecified atom stereocenters. The van der Waals surface area contributed by atoms with Gasteiger partial charge in [-0.3, -0.25) is 9.69 Å². The number of carboxylic acid groups (broad SMARTS) is 1. The first-order valence-corrected chi connectivity index (χ1v) is 3.77. The van der Waals surface area contributed by atoms with Crippen LogP contribution in [0.1, 0.15) is 12.8 Å². The number of aliphatic carboxylic acids is 1. The number of carboxylic acids is 1. The third-order valence-electron chi connectivity index (χ3n) is 1.95. The number of rotatable bonds is 1. The average molecular weight is 161 g/mol. The number of hydrogen-bond donors (Lipinski definition) is 2. The van der Waals surface area contributed by atoms with E-state index in [-0.39, 0.29) is 11.4 Å². The molecule has 2 atom stereocenters. The maximum absolute atomic E-state index is 10.5. The Kier molecular flexibility index (Phi) is 2.21. The molecular weight excluding hydrogens is 150 g/mol. The van der Waals surface area contributed by atoms with Crippen LogP contribution in [0.15, 0.2) is 0 Å². The summed E-state index contributed by atoms with van der Waals surface area (Å²) in [7, 11) is 1.80. The molecular formula is C6H11NO2S. The van der Waals surface area contributed by atoms with Gasteiger partial charge in [0.15, 0.2) is 0 Å². The minimum absolute atomic E-state index is 0.126. The number of likely N-dealkylation sites (tertiary alicyclic amines) is 1. The van der Waals surface area contributed by atoms with Crippen molar-refractivity contribution in [2.75, 3.05) is 7.05 Å². The molecule has 1 rings (SSSR count). The fraction of sp³-hybridized carbons (Fsp3) is 0.833. The summed E-state index contributed by atoms with van der Waals surface area (Å²) in [4.78, 5) is 12.3. The fourth-order valence-electron chi connectivity index (χ4n) is 1.22. The van der Waals surface area contributed by atoms with Crippen LogP contribution in [0.25, 0.3) is 0 Å². The minimum atomic E-state index is -0.737. The standard InChI is InChI=1S/C6H11NO2S/c1-7-4(6(8)9)2-3-5(7)10/h4-5,10H,2-3H2,1H3,(H,8,9). The Labute approximate surface area is 65.4 Å². The summed E-state index contributed by atoms with van der Waals surface area (Å²) in [5.41, 5.74) is 0. The Morgan fingerprint density at radius 3 is 2.50 bits per heavy atom. The van der Waals surface area contributed by atoms with E-state index in [0.717, 1.165) is 12.8 Å². The van der Waals surface area contributed by atoms with Gasteiger partial charge in [-0.25, -0.2) is 0 Å². The van der Waals surface area contributed by atoms with E-state index in [1.165, 1.54) is 0 Å². The molecule has 0 saturated carbocycles. The predicted molar refractivity (Wildman–Crippen MR) is 41.2 cm³/mol. The Morgan fingerprint density at radius 2 is 2.30 bits per heavy atom. The first kappa shape index (κ1) is 7.88. The van der Waals surface area contributed by atoms with Crippen molar-refractivity contribution < 1.29 is 9.90 Å². The van der Waals surface area contributed by atoms with Gasteiger partial charge in [0.25, 0.3) is 0 Å². The maximum Gasteiger partial charge on any atom is 0.320 e. The summed E-state index contributed by atoms with van der Waals surface area (Å²) in [6, 6.07) is -0.317. The molecule has 1 aliphatic rings. The highest BCUT2D eigenvalue weighted by molar-refractivity contribution is 7.80. The SMILES string of the molecule is CN1C(S)CCC1C(=O)O. The van der Waals surface area contributed by atoms with Crippen LogP contribution in [-0.4, -0.2) is 34.4 Å². The second-order valence-corrected chi connectivity index (χ2v) is 3.17. The normalized spacial score (nSPS) is 34.6. The Balaban J connectivity index is 2.57. The first-order valence-electron chi connectivity index (χ1n) is 3.25. The highest BCUT2D eigenvalue weighted by atomic mass is 32.1. The molecule has 1 saturated heterocycles. The summed E-state index contributed by atoms with van der Waals surface area (Å²) in [5.74, 6) is -0.737. The van der Waals surface area contributed by atoms with Crippen molar-refractivity contribution in [3.8, 4) is 0 Å². The highest BCUT2D eigenvalue weighted by Crippen LogP contribution is 2.24. The summed E-state index contributed by atoms with van der Waals surface area (Å²) >= 11 is 4.20. The second kappa shape index (κ2) is 2.80. The monoisotopic (exact) mass is 161 g/mol. The van der Waals surface area contributed by atoms with Crippen LogP contribution in [0.3, 0.4) is 0 Å². The summed E-state index contributed by atoms with van der Waals surface area (Å²) in [6.45, 7) is 0. The third-order valence-corrected chi connectivity index (χ3v) is 2.57. The molecule has 0 aromatic rings. The van der Waals surface area contributed by atoms with Crippen LogP contribution in [-0.2, 0) is 4.79 Å². The molecule has 1 fully saturated rings. The second-order valence-electron chi connectivity index (χ2n) is 2.58. The molecule has 1 N–H and O–H groups in total. The lowest BCUT2D eigenvalue weighted by Gasteiger charge is -2.18. The van der Waals surface area contributed by atoms with E-state index in [0.29, 0.717) is 0 Å². The highest BCUT2D eigenvalue weighted by Gasteiger charge is 2.32. The average Bonchev–Trinajstić information content (AvgIpc) is 2.14. The van der Waals surface area contributed by atoms with E-state index in [4.69, 9.17) is 5.11 Å². The molecule has 10 heavy (non-hydrogen) atoms. The molecule has 1 aliphatic heterocycles. The van der Waals surface area contributed by atoms with Gasteiger partial charge in [0, 0.05) is 0 Å². The number of thiol groups is 1. The van der Waals surface area contributed by atoms with Crippen LogP contribution in [0.4, 0.5) is 0 Å². The lowest BCUT2D eigenvalue weighted by Crippen LogP contribution is -2.35. The van der Waals surface area contributed by atoms with E-state index < -0.39 is 5.97 Å². The lowest BCUT2D eigenvalue weighted by molar-refractivity contribution is -0.141. The summed E-state index contributed by atoms with van der Waals surface area (Å²) in [5, 5.41) is 8.75. The molecule has 1 heterocycles. The molecule has 3 nitrogen and oxygen atoms in total. The molecule has 0 aromatic carbocycles. The quantitative estimate of drug-likeness (QED) is 0.548. The van der Waals surface area contributed by atoms with Gasteiger partial charge in [0.2, 0.25) is 0 Å². The zero-order chi connectivity index (χ0) is 7.72. The topological polar surface area (TPSA) is 40.5 Å². The van der Waals surface area contributed by atoms with Crippen LogP contribution >= 0.6 is 12.6 Å². The molecule has 0 amide bonds. The number of carbonyl (C=O) groups is 1. The van der Waals surface area contributed by atoms with Crippen molar-refractivity contribution in [1.82, 2.24) is 4.90 Å². The lowest BCUT2D eigenvalue weighted by atomic mass is 10.2. The van der Waals surface area contributed by atoms with Crippen molar-refractivity contribution in [1.29, 1.82) is 0 Å². The summed E-state index contributed by atoms with van der Waals surface area (Å²) < 4.78 is 0. The third kappa shape index (κ3) is 1.27. The molecule has 0 bridgehead atoms. The number of nitrogens with zero attached hydrogens (tertiary/aromatic N) is 1. The van der Waals surface area contributed by atoms with Gasteiger partial charge in [0.05, 0.1) is 5.37 Å². The van der Waals surface area contributed by atoms with Gasteiger partial charge >= 0.3 is 5.97 Å². The Morgan fingerprint density at radius 1 is 1.70 bits per heavy atom. The van der Waals surface area contributed by atoms with Crippen molar-refractivity contribution in [3.05, 3.63) is 0 Å². The Hall–Kier alpha value is -0.220. The van der Waals surface area contributed by atoms with Gasteiger partial charge in [-0.1, -0.05) is 0 Å². The van der Waals surface area contributed by atoms with E-state index in [9.17, 15) is 4.79 Å². The van der Waals surface area contributed by atoms with Crippen LogP contribution in [0, 0.1) is 0 Å². The Bertz CT molecular complexity index is 151. The van der Waals surface area contributed by atoms with Crippen molar-refractivity contribution in [2.24, 2.45) is 0 Å². The zero-order valence-corrected chi connectivity index (χ0v) is 6.71. The van der Waals surface area contributed by atoms with Gasteiger partial charge in [-0.05, 0) is 19.9 Å². The van der Waals surface area contributed by atoms with E-state index in [1.807, 2.05) is 0 Å². The van der Waals surface area contributed by atoms with E-state index in [1.54, 1.807) is 11.9 Å². The molecule has 4 heteroatoms. The van der Waals surface area contributed by atoms with Crippen LogP contribution < -0.4 is 0 Å². The van der Waals surface area contributed by atoms with E-state index in [2.05, 4.69) is 12.6 Å². The molecule has 58 valence electrons. The van der Waals surface area contributed by atoms with Crippen molar-refractivity contribution in [3.63, 3.8) is 0 Å². The number of hydrogen-bond acceptors (Lipinski definition) is 3. The van der Waals surface area contributed by atoms with Crippen LogP contribution in [0.2, 0.25) is 0 Å². The molecule has 0 spiro atoms. The first-order chi connectivity index (χ1) is 4.63. The van der Waals surface area contributed by atoms with Gasteiger partial charge in [-0.2, -0.15) is 12.6 Å². The zero-order valence-electron chi connectivity index (χ0n) is 5.82. The van der Waals surface area contributed by atoms with Gasteiger partial charge < -0.3 is 5.11 Å². The van der Waals surface area contributed by atoms with Crippen LogP contribution in [0.5, 0.6) is 0 Å². The maximum atomic E-state index is 10.5. The van der Waals surface area contributed by atoms with E-state index >= 15 is 0 Å². The summed E-state index contributed by atoms with van der Waals surface area (Å²) in [6.07, 6.45) is 1.59. The van der Waals surface area contributed by atoms with Crippen molar-refractivity contribution in [2.45, 2.75) is 24.3 Å².